The quantitative estimate of drug-likeness (QED) is 0.117. The number of aromatic nitrogens is 2. The number of nitrogens with zero attached hydrogens (tertiary/aromatic N) is 5. The average molecular weight is 1030 g/mol. The monoisotopic (exact) mass is 1030 g/mol. The van der Waals surface area contributed by atoms with Gasteiger partial charge in [0, 0.05) is 67.4 Å². The zero-order valence-electron chi connectivity index (χ0n) is 41.7. The summed E-state index contributed by atoms with van der Waals surface area (Å²) in [5.74, 6) is 3.39. The van der Waals surface area contributed by atoms with E-state index >= 15 is 0 Å². The molecule has 12 rings (SSSR count). The van der Waals surface area contributed by atoms with Crippen molar-refractivity contribution in [3.05, 3.63) is 130 Å². The van der Waals surface area contributed by atoms with Crippen LogP contribution in [0.4, 0.5) is 11.6 Å². The Balaban J connectivity index is 0.000000160. The summed E-state index contributed by atoms with van der Waals surface area (Å²) >= 11 is 0. The van der Waals surface area contributed by atoms with Gasteiger partial charge in [0.15, 0.2) is 0 Å². The molecule has 3 amide bonds. The van der Waals surface area contributed by atoms with Gasteiger partial charge >= 0.3 is 5.97 Å². The maximum Gasteiger partial charge on any atom is 0.328 e. The summed E-state index contributed by atoms with van der Waals surface area (Å²) in [6.45, 7) is 11.4. The van der Waals surface area contributed by atoms with E-state index in [1.807, 2.05) is 47.4 Å². The number of carboxylic acids is 1. The standard InChI is InChI=1S/C28H30N4O3.C16H19N3O3.C12H13NO.2ClH/c1-18-22-5-3-4-6-23(22)35-25(18)21-16-32(17-21)24(33)8-7-19-13-20-14-28(9-11-31(2)12-10-28)27(34)30-26(20)29-15-19;1-19-6-4-16(5-7-19)9-12-8-11(2-3-13(20)21)10-17-14(12)18-15(16)22;1-8-10-4-2-3-5-11(10)14-12(8)9-6-13-7-9;;/h3-8,13,15,21H,9-12,14,16-17H2,1-2H3,(H,29,30,34);2-3,8,10H,4-7,9H2,1H3,(H,20,21)(H,17,18,22);2-5,9,13H,6-7H2,1H3;2*1H/b8-7+;3-2+;;;. The van der Waals surface area contributed by atoms with Crippen molar-refractivity contribution in [1.82, 2.24) is 30.0 Å². The molecule has 0 aliphatic carbocycles. The Kier molecular flexibility index (Phi) is 16.0. The van der Waals surface area contributed by atoms with Gasteiger partial charge in [0.1, 0.15) is 34.3 Å². The number of anilines is 2. The van der Waals surface area contributed by atoms with Crippen LogP contribution in [0.2, 0.25) is 0 Å². The number of rotatable bonds is 6. The summed E-state index contributed by atoms with van der Waals surface area (Å²) in [6.07, 6.45) is 14.1. The van der Waals surface area contributed by atoms with Crippen LogP contribution in [0.3, 0.4) is 0 Å². The van der Waals surface area contributed by atoms with E-state index in [0.717, 1.165) is 116 Å². The molecule has 0 unspecified atom stereocenters. The highest BCUT2D eigenvalue weighted by Crippen LogP contribution is 2.43. The number of benzene rings is 2. The molecule has 4 saturated heterocycles. The highest BCUT2D eigenvalue weighted by Gasteiger charge is 2.46. The van der Waals surface area contributed by atoms with Crippen LogP contribution in [0, 0.1) is 24.7 Å². The fraction of sp³-hybridized carbons (Fsp3) is 0.393. The lowest BCUT2D eigenvalue weighted by Crippen LogP contribution is -2.49. The molecule has 4 aromatic heterocycles. The first-order valence-electron chi connectivity index (χ1n) is 24.8. The zero-order chi connectivity index (χ0) is 49.4. The maximum atomic E-state index is 12.8. The van der Waals surface area contributed by atoms with Crippen LogP contribution in [0.15, 0.2) is 94.0 Å². The second kappa shape index (κ2) is 22.0. The lowest BCUT2D eigenvalue weighted by Gasteiger charge is -2.42. The lowest BCUT2D eigenvalue weighted by atomic mass is 9.71. The van der Waals surface area contributed by atoms with E-state index in [1.165, 1.54) is 28.3 Å². The normalized spacial score (nSPS) is 19.3. The largest absolute Gasteiger partial charge is 0.478 e. The first-order valence-corrected chi connectivity index (χ1v) is 24.8. The molecule has 384 valence electrons. The lowest BCUT2D eigenvalue weighted by molar-refractivity contribution is -0.131. The summed E-state index contributed by atoms with van der Waals surface area (Å²) in [7, 11) is 4.17. The maximum absolute atomic E-state index is 12.8. The number of amides is 3. The number of pyridine rings is 2. The number of carboxylic acid groups (broad SMARTS) is 1. The summed E-state index contributed by atoms with van der Waals surface area (Å²) in [5, 5.41) is 20.3. The van der Waals surface area contributed by atoms with Crippen molar-refractivity contribution in [1.29, 1.82) is 0 Å². The molecule has 4 N–H and O–H groups in total. The van der Waals surface area contributed by atoms with E-state index in [-0.39, 0.29) is 59.3 Å². The van der Waals surface area contributed by atoms with Crippen LogP contribution in [-0.2, 0) is 32.0 Å². The number of nitrogens with one attached hydrogen (secondary N) is 3. The van der Waals surface area contributed by atoms with Crippen molar-refractivity contribution in [2.24, 2.45) is 10.8 Å². The van der Waals surface area contributed by atoms with Gasteiger partial charge in [-0.1, -0.05) is 36.4 Å². The Labute approximate surface area is 437 Å². The van der Waals surface area contributed by atoms with E-state index in [4.69, 9.17) is 13.9 Å². The fourth-order valence-corrected chi connectivity index (χ4v) is 10.9. The number of hydrogen-bond acceptors (Lipinski definition) is 11. The summed E-state index contributed by atoms with van der Waals surface area (Å²) in [5.41, 5.74) is 7.35. The SMILES string of the molecule is CN1CCC2(CC1)Cc1cc(/C=C/C(=O)O)cnc1NC2=O.Cc1c(C2CN(C(=O)/C=C/c3cnc4c(c3)CC3(CCN(C)CC3)C(=O)N4)C2)oc2ccccc12.Cc1c(C2CNC2)oc2ccccc12.Cl.Cl. The first kappa shape index (κ1) is 52.9. The van der Waals surface area contributed by atoms with Gasteiger partial charge in [-0.25, -0.2) is 14.8 Å². The minimum Gasteiger partial charge on any atom is -0.478 e. The number of fused-ring (bicyclic) bond motifs is 4. The molecular formula is C56H64Cl2N8O7. The third-order valence-corrected chi connectivity index (χ3v) is 15.7. The predicted molar refractivity (Wildman–Crippen MR) is 289 cm³/mol. The molecule has 17 heteroatoms. The average Bonchev–Trinajstić information content (AvgIpc) is 3.84. The molecule has 10 heterocycles. The fourth-order valence-electron chi connectivity index (χ4n) is 10.9. The van der Waals surface area contributed by atoms with Gasteiger partial charge in [-0.2, -0.15) is 0 Å². The van der Waals surface area contributed by atoms with Crippen molar-refractivity contribution >= 4 is 94.2 Å². The topological polar surface area (TPSA) is 186 Å². The molecular weight excluding hydrogens is 968 g/mol. The van der Waals surface area contributed by atoms with Gasteiger partial charge in [-0.15, -0.1) is 24.8 Å². The smallest absolute Gasteiger partial charge is 0.328 e. The number of aryl methyl sites for hydroxylation is 2. The Bertz CT molecular complexity index is 3080. The van der Waals surface area contributed by atoms with Gasteiger partial charge in [0.2, 0.25) is 17.7 Å². The molecule has 0 atom stereocenters. The second-order valence-corrected chi connectivity index (χ2v) is 20.5. The highest BCUT2D eigenvalue weighted by atomic mass is 35.5. The number of carbonyl (C=O) groups is 4. The van der Waals surface area contributed by atoms with Crippen molar-refractivity contribution in [3.63, 3.8) is 0 Å². The minimum absolute atomic E-state index is 0. The number of piperidine rings is 2. The number of furan rings is 2. The van der Waals surface area contributed by atoms with Crippen molar-refractivity contribution in [3.8, 4) is 0 Å². The number of carbonyl (C=O) groups excluding carboxylic acids is 3. The Morgan fingerprint density at radius 3 is 1.53 bits per heavy atom. The van der Waals surface area contributed by atoms with Crippen LogP contribution >= 0.6 is 24.8 Å². The zero-order valence-corrected chi connectivity index (χ0v) is 43.4. The van der Waals surface area contributed by atoms with Crippen molar-refractivity contribution < 1.29 is 33.1 Å². The van der Waals surface area contributed by atoms with Gasteiger partial charge in [-0.05, 0) is 162 Å². The molecule has 6 aliphatic heterocycles. The van der Waals surface area contributed by atoms with Crippen LogP contribution < -0.4 is 16.0 Å². The molecule has 2 aromatic carbocycles. The molecule has 15 nitrogen and oxygen atoms in total. The Morgan fingerprint density at radius 1 is 0.671 bits per heavy atom. The summed E-state index contributed by atoms with van der Waals surface area (Å²) < 4.78 is 11.9. The van der Waals surface area contributed by atoms with Gasteiger partial charge < -0.3 is 44.6 Å². The van der Waals surface area contributed by atoms with Gasteiger partial charge in [0.05, 0.1) is 16.7 Å². The van der Waals surface area contributed by atoms with E-state index in [1.54, 1.807) is 18.5 Å². The van der Waals surface area contributed by atoms with E-state index < -0.39 is 5.97 Å². The molecule has 2 spiro atoms. The summed E-state index contributed by atoms with van der Waals surface area (Å²) in [4.78, 5) is 63.7. The van der Waals surface area contributed by atoms with Crippen LogP contribution in [0.1, 0.15) is 82.4 Å². The first-order chi connectivity index (χ1) is 34.3. The molecule has 4 fully saturated rings. The van der Waals surface area contributed by atoms with Crippen molar-refractivity contribution in [2.75, 3.05) is 77.1 Å². The number of likely N-dealkylation sites (tertiary alicyclic amines) is 3. The molecule has 6 aliphatic rings. The number of para-hydroxylation sites is 2. The second-order valence-electron chi connectivity index (χ2n) is 20.5. The number of aliphatic carboxylic acids is 1. The molecule has 0 saturated carbocycles. The highest BCUT2D eigenvalue weighted by molar-refractivity contribution is 5.99. The minimum atomic E-state index is -0.988. The Morgan fingerprint density at radius 2 is 1.11 bits per heavy atom. The third kappa shape index (κ3) is 11.0. The molecule has 6 aromatic rings. The molecule has 0 bridgehead atoms. The van der Waals surface area contributed by atoms with E-state index in [9.17, 15) is 19.2 Å². The Hall–Kier alpha value is -6.36. The van der Waals surface area contributed by atoms with Gasteiger partial charge in [0.25, 0.3) is 0 Å². The van der Waals surface area contributed by atoms with Crippen LogP contribution in [0.25, 0.3) is 34.1 Å². The van der Waals surface area contributed by atoms with E-state index in [0.29, 0.717) is 43.5 Å². The van der Waals surface area contributed by atoms with Gasteiger partial charge in [-0.3, -0.25) is 14.4 Å². The predicted octanol–water partition coefficient (Wildman–Crippen LogP) is 8.64. The third-order valence-electron chi connectivity index (χ3n) is 15.7. The number of halogens is 2. The summed E-state index contributed by atoms with van der Waals surface area (Å²) in [6, 6.07) is 20.3. The number of hydrogen-bond donors (Lipinski definition) is 4. The molecule has 73 heavy (non-hydrogen) atoms. The van der Waals surface area contributed by atoms with Crippen molar-refractivity contribution in [2.45, 2.75) is 64.2 Å². The molecule has 0 radical (unpaired) electrons. The van der Waals surface area contributed by atoms with Crippen LogP contribution in [0.5, 0.6) is 0 Å². The van der Waals surface area contributed by atoms with E-state index in [2.05, 4.69) is 87.9 Å². The van der Waals surface area contributed by atoms with Crippen LogP contribution in [-0.4, -0.2) is 120 Å².